The van der Waals surface area contributed by atoms with E-state index in [1.165, 1.54) is 48.5 Å². The largest absolute Gasteiger partial charge is 0.337 e. The van der Waals surface area contributed by atoms with Crippen LogP contribution in [-0.4, -0.2) is 18.6 Å². The van der Waals surface area contributed by atoms with Crippen LogP contribution >= 0.6 is 0 Å². The maximum Gasteiger partial charge on any atom is 0.244 e. The lowest BCUT2D eigenvalue weighted by Crippen LogP contribution is -2.27. The van der Waals surface area contributed by atoms with Crippen LogP contribution in [0.4, 0.5) is 4.39 Å². The van der Waals surface area contributed by atoms with Crippen LogP contribution in [0.3, 0.4) is 0 Å². The summed E-state index contributed by atoms with van der Waals surface area (Å²) < 4.78 is 45.4. The third-order valence-electron chi connectivity index (χ3n) is 3.52. The van der Waals surface area contributed by atoms with Crippen LogP contribution in [0, 0.1) is 17.1 Å². The molecule has 0 radical (unpaired) electrons. The van der Waals surface area contributed by atoms with Crippen molar-refractivity contribution in [3.05, 3.63) is 65.8 Å². The summed E-state index contributed by atoms with van der Waals surface area (Å²) in [7, 11) is -3.88. The number of hydrogen-bond acceptors (Lipinski definition) is 6. The van der Waals surface area contributed by atoms with Crippen molar-refractivity contribution in [2.45, 2.75) is 17.9 Å². The predicted octanol–water partition coefficient (Wildman–Crippen LogP) is 2.79. The normalized spacial score (nSPS) is 12.5. The van der Waals surface area contributed by atoms with Gasteiger partial charge in [0.15, 0.2) is 0 Å². The number of sulfonamides is 1. The highest BCUT2D eigenvalue weighted by atomic mass is 32.2. The lowest BCUT2D eigenvalue weighted by Gasteiger charge is -2.10. The predicted molar refractivity (Wildman–Crippen MR) is 89.6 cm³/mol. The smallest absolute Gasteiger partial charge is 0.244 e. The molecule has 0 aliphatic heterocycles. The maximum absolute atomic E-state index is 13.0. The van der Waals surface area contributed by atoms with Gasteiger partial charge in [0.1, 0.15) is 5.82 Å². The number of halogens is 1. The molecule has 0 saturated carbocycles. The highest BCUT2D eigenvalue weighted by Gasteiger charge is 2.23. The molecule has 3 aromatic rings. The van der Waals surface area contributed by atoms with Gasteiger partial charge < -0.3 is 4.52 Å². The summed E-state index contributed by atoms with van der Waals surface area (Å²) in [5, 5.41) is 12.7. The Kier molecular flexibility index (Phi) is 4.79. The monoisotopic (exact) mass is 372 g/mol. The molecule has 0 bridgehead atoms. The topological polar surface area (TPSA) is 109 Å². The van der Waals surface area contributed by atoms with E-state index in [1.54, 1.807) is 6.92 Å². The zero-order chi connectivity index (χ0) is 18.7. The van der Waals surface area contributed by atoms with Crippen LogP contribution in [0.25, 0.3) is 11.4 Å². The van der Waals surface area contributed by atoms with Gasteiger partial charge in [-0.2, -0.15) is 15.0 Å². The third-order valence-corrected chi connectivity index (χ3v) is 5.06. The minimum Gasteiger partial charge on any atom is -0.337 e. The molecule has 9 heteroatoms. The van der Waals surface area contributed by atoms with Gasteiger partial charge in [-0.05, 0) is 49.4 Å². The van der Waals surface area contributed by atoms with E-state index in [1.807, 2.05) is 6.07 Å². The summed E-state index contributed by atoms with van der Waals surface area (Å²) in [5.41, 5.74) is 0.773. The van der Waals surface area contributed by atoms with E-state index in [2.05, 4.69) is 14.9 Å². The zero-order valence-corrected chi connectivity index (χ0v) is 14.4. The molecule has 7 nitrogen and oxygen atoms in total. The number of rotatable bonds is 5. The van der Waals surface area contributed by atoms with Gasteiger partial charge in [0, 0.05) is 5.56 Å². The maximum atomic E-state index is 13.0. The molecule has 3 rings (SSSR count). The van der Waals surface area contributed by atoms with E-state index >= 15 is 0 Å². The summed E-state index contributed by atoms with van der Waals surface area (Å²) in [6, 6.07) is 12.2. The first kappa shape index (κ1) is 17.7. The van der Waals surface area contributed by atoms with Crippen LogP contribution in [-0.2, 0) is 10.0 Å². The Balaban J connectivity index is 1.80. The van der Waals surface area contributed by atoms with Gasteiger partial charge in [0.05, 0.1) is 22.6 Å². The Hall–Kier alpha value is -3.09. The molecule has 0 fully saturated rings. The molecule has 0 aliphatic rings. The molecule has 26 heavy (non-hydrogen) atoms. The van der Waals surface area contributed by atoms with Crippen molar-refractivity contribution in [3.63, 3.8) is 0 Å². The second kappa shape index (κ2) is 7.03. The average molecular weight is 372 g/mol. The molecule has 1 heterocycles. The van der Waals surface area contributed by atoms with Crippen molar-refractivity contribution in [1.29, 1.82) is 5.26 Å². The molecule has 1 atom stereocenters. The Morgan fingerprint density at radius 1 is 1.23 bits per heavy atom. The van der Waals surface area contributed by atoms with E-state index in [-0.39, 0.29) is 22.2 Å². The van der Waals surface area contributed by atoms with Gasteiger partial charge in [-0.15, -0.1) is 0 Å². The first-order valence-corrected chi connectivity index (χ1v) is 8.99. The first-order valence-electron chi connectivity index (χ1n) is 7.51. The number of nitrogens with one attached hydrogen (secondary N) is 1. The van der Waals surface area contributed by atoms with Crippen LogP contribution in [0.2, 0.25) is 0 Å². The second-order valence-electron chi connectivity index (χ2n) is 5.45. The second-order valence-corrected chi connectivity index (χ2v) is 7.16. The SMILES string of the molecule is CC(NS(=O)(=O)c1cccc(C#N)c1)c1nc(-c2ccc(F)cc2)no1. The van der Waals surface area contributed by atoms with E-state index in [0.29, 0.717) is 5.56 Å². The quantitative estimate of drug-likeness (QED) is 0.738. The zero-order valence-electron chi connectivity index (χ0n) is 13.5. The minimum absolute atomic E-state index is 0.0401. The number of nitrogens with zero attached hydrogens (tertiary/aromatic N) is 3. The van der Waals surface area contributed by atoms with Crippen LogP contribution in [0.15, 0.2) is 57.9 Å². The summed E-state index contributed by atoms with van der Waals surface area (Å²) in [6.45, 7) is 1.55. The first-order chi connectivity index (χ1) is 12.4. The Labute approximate surface area is 149 Å². The fourth-order valence-electron chi connectivity index (χ4n) is 2.21. The summed E-state index contributed by atoms with van der Waals surface area (Å²) in [5.74, 6) is -0.111. The molecule has 0 spiro atoms. The summed E-state index contributed by atoms with van der Waals surface area (Å²) >= 11 is 0. The van der Waals surface area contributed by atoms with Crippen molar-refractivity contribution in [3.8, 4) is 17.5 Å². The number of nitriles is 1. The number of benzene rings is 2. The molecule has 1 N–H and O–H groups in total. The molecule has 0 aliphatic carbocycles. The molecular formula is C17H13FN4O3S. The van der Waals surface area contributed by atoms with Gasteiger partial charge in [-0.3, -0.25) is 0 Å². The lowest BCUT2D eigenvalue weighted by atomic mass is 10.2. The van der Waals surface area contributed by atoms with E-state index in [0.717, 1.165) is 0 Å². The Morgan fingerprint density at radius 2 is 1.96 bits per heavy atom. The highest BCUT2D eigenvalue weighted by molar-refractivity contribution is 7.89. The van der Waals surface area contributed by atoms with Gasteiger partial charge in [0.25, 0.3) is 0 Å². The van der Waals surface area contributed by atoms with Crippen molar-refractivity contribution < 1.29 is 17.3 Å². The number of aromatic nitrogens is 2. The number of hydrogen-bond donors (Lipinski definition) is 1. The molecule has 2 aromatic carbocycles. The average Bonchev–Trinajstić information content (AvgIpc) is 3.12. The van der Waals surface area contributed by atoms with Crippen LogP contribution in [0.1, 0.15) is 24.4 Å². The molecule has 1 aromatic heterocycles. The van der Waals surface area contributed by atoms with Gasteiger partial charge in [-0.25, -0.2) is 12.8 Å². The van der Waals surface area contributed by atoms with E-state index in [4.69, 9.17) is 9.78 Å². The van der Waals surface area contributed by atoms with Gasteiger partial charge in [0.2, 0.25) is 21.7 Å². The fourth-order valence-corrected chi connectivity index (χ4v) is 3.45. The van der Waals surface area contributed by atoms with Gasteiger partial charge >= 0.3 is 0 Å². The van der Waals surface area contributed by atoms with Crippen molar-refractivity contribution in [1.82, 2.24) is 14.9 Å². The molecule has 0 saturated heterocycles. The molecule has 0 amide bonds. The third kappa shape index (κ3) is 3.77. The summed E-state index contributed by atoms with van der Waals surface area (Å²) in [6.07, 6.45) is 0. The standard InChI is InChI=1S/C17H13FN4O3S/c1-11(22-26(23,24)15-4-2-3-12(9-15)10-19)17-20-16(21-25-17)13-5-7-14(18)8-6-13/h2-9,11,22H,1H3. The van der Waals surface area contributed by atoms with E-state index < -0.39 is 21.9 Å². The van der Waals surface area contributed by atoms with E-state index in [9.17, 15) is 12.8 Å². The lowest BCUT2D eigenvalue weighted by molar-refractivity contribution is 0.354. The molecular weight excluding hydrogens is 359 g/mol. The molecule has 132 valence electrons. The van der Waals surface area contributed by atoms with Crippen molar-refractivity contribution >= 4 is 10.0 Å². The minimum atomic E-state index is -3.88. The van der Waals surface area contributed by atoms with Crippen molar-refractivity contribution in [2.75, 3.05) is 0 Å². The fraction of sp³-hybridized carbons (Fsp3) is 0.118. The summed E-state index contributed by atoms with van der Waals surface area (Å²) in [4.78, 5) is 4.10. The van der Waals surface area contributed by atoms with Gasteiger partial charge in [-0.1, -0.05) is 11.2 Å². The van der Waals surface area contributed by atoms with Crippen LogP contribution < -0.4 is 4.72 Å². The Morgan fingerprint density at radius 3 is 2.65 bits per heavy atom. The van der Waals surface area contributed by atoms with Crippen LogP contribution in [0.5, 0.6) is 0 Å². The molecule has 1 unspecified atom stereocenters. The highest BCUT2D eigenvalue weighted by Crippen LogP contribution is 2.21. The van der Waals surface area contributed by atoms with Crippen molar-refractivity contribution in [2.24, 2.45) is 0 Å². The Bertz CT molecular complexity index is 1070.